The van der Waals surface area contributed by atoms with Gasteiger partial charge in [-0.2, -0.15) is 0 Å². The Morgan fingerprint density at radius 1 is 1.03 bits per heavy atom. The van der Waals surface area contributed by atoms with Crippen LogP contribution in [0.1, 0.15) is 17.9 Å². The van der Waals surface area contributed by atoms with E-state index < -0.39 is 5.92 Å². The zero-order valence-electron chi connectivity index (χ0n) is 15.4. The molecule has 0 spiro atoms. The number of anilines is 2. The van der Waals surface area contributed by atoms with E-state index in [4.69, 9.17) is 0 Å². The Hall–Kier alpha value is -4.00. The normalized spacial score (nSPS) is 15.6. The average Bonchev–Trinajstić information content (AvgIpc) is 3.18. The second-order valence-electron chi connectivity index (χ2n) is 6.89. The second kappa shape index (κ2) is 6.87. The van der Waals surface area contributed by atoms with Gasteiger partial charge in [0.05, 0.1) is 28.8 Å². The van der Waals surface area contributed by atoms with Gasteiger partial charge in [-0.05, 0) is 35.9 Å². The molecule has 7 nitrogen and oxygen atoms in total. The summed E-state index contributed by atoms with van der Waals surface area (Å²) in [6.45, 7) is 0. The Balaban J connectivity index is 1.38. The van der Waals surface area contributed by atoms with E-state index in [1.54, 1.807) is 24.7 Å². The van der Waals surface area contributed by atoms with Crippen molar-refractivity contribution in [3.8, 4) is 5.82 Å². The van der Waals surface area contributed by atoms with E-state index in [1.165, 1.54) is 0 Å². The molecule has 2 aromatic carbocycles. The maximum atomic E-state index is 12.8. The number of imidazole rings is 1. The summed E-state index contributed by atoms with van der Waals surface area (Å²) in [6, 6.07) is 18.8. The largest absolute Gasteiger partial charge is 0.326 e. The molecule has 0 saturated carbocycles. The van der Waals surface area contributed by atoms with Gasteiger partial charge >= 0.3 is 0 Å². The highest BCUT2D eigenvalue weighted by Gasteiger charge is 2.30. The van der Waals surface area contributed by atoms with Crippen molar-refractivity contribution in [2.75, 3.05) is 10.6 Å². The molecule has 1 aliphatic heterocycles. The summed E-state index contributed by atoms with van der Waals surface area (Å²) in [5.74, 6) is -0.212. The molecule has 4 aromatic rings. The number of nitrogens with one attached hydrogen (secondary N) is 2. The topological polar surface area (TPSA) is 88.9 Å². The van der Waals surface area contributed by atoms with Crippen LogP contribution in [0.4, 0.5) is 11.4 Å². The molecule has 2 aromatic heterocycles. The van der Waals surface area contributed by atoms with E-state index in [2.05, 4.69) is 20.6 Å². The number of rotatable bonds is 3. The summed E-state index contributed by atoms with van der Waals surface area (Å²) < 4.78 is 1.89. The predicted molar refractivity (Wildman–Crippen MR) is 110 cm³/mol. The number of aromatic nitrogens is 3. The third kappa shape index (κ3) is 3.12. The number of carbonyl (C=O) groups excluding carboxylic acids is 2. The highest BCUT2D eigenvalue weighted by Crippen LogP contribution is 2.32. The molecule has 0 bridgehead atoms. The summed E-state index contributed by atoms with van der Waals surface area (Å²) in [4.78, 5) is 33.6. The molecule has 5 rings (SSSR count). The number of pyridine rings is 1. The number of carbonyl (C=O) groups is 2. The van der Waals surface area contributed by atoms with E-state index in [1.807, 2.05) is 53.1 Å². The zero-order chi connectivity index (χ0) is 19.8. The van der Waals surface area contributed by atoms with Gasteiger partial charge in [0.25, 0.3) is 0 Å². The van der Waals surface area contributed by atoms with Crippen molar-refractivity contribution in [3.63, 3.8) is 0 Å². The Bertz CT molecular complexity index is 1230. The number of amides is 2. The molecule has 7 heteroatoms. The van der Waals surface area contributed by atoms with Crippen LogP contribution in [-0.2, 0) is 9.59 Å². The summed E-state index contributed by atoms with van der Waals surface area (Å²) in [7, 11) is 0. The van der Waals surface area contributed by atoms with E-state index in [9.17, 15) is 9.59 Å². The van der Waals surface area contributed by atoms with Crippen molar-refractivity contribution in [3.05, 3.63) is 78.8 Å². The summed E-state index contributed by atoms with van der Waals surface area (Å²) in [5, 5.41) is 5.68. The van der Waals surface area contributed by atoms with Crippen LogP contribution in [0.3, 0.4) is 0 Å². The minimum absolute atomic E-state index is 0.120. The molecule has 29 heavy (non-hydrogen) atoms. The lowest BCUT2D eigenvalue weighted by molar-refractivity contribution is -0.123. The third-order valence-corrected chi connectivity index (χ3v) is 5.03. The maximum Gasteiger partial charge on any atom is 0.232 e. The van der Waals surface area contributed by atoms with Gasteiger partial charge in [-0.3, -0.25) is 14.2 Å². The van der Waals surface area contributed by atoms with E-state index in [0.29, 0.717) is 17.2 Å². The summed E-state index contributed by atoms with van der Waals surface area (Å²) in [5.41, 5.74) is 3.93. The quantitative estimate of drug-likeness (QED) is 0.567. The smallest absolute Gasteiger partial charge is 0.232 e. The number of hydrogen-bond acceptors (Lipinski definition) is 4. The lowest BCUT2D eigenvalue weighted by Crippen LogP contribution is -2.30. The van der Waals surface area contributed by atoms with Crippen LogP contribution in [0.2, 0.25) is 0 Å². The molecule has 0 fully saturated rings. The number of para-hydroxylation sites is 3. The first-order valence-electron chi connectivity index (χ1n) is 9.27. The third-order valence-electron chi connectivity index (χ3n) is 5.03. The molecule has 0 saturated heterocycles. The molecule has 3 heterocycles. The van der Waals surface area contributed by atoms with Gasteiger partial charge in [0.1, 0.15) is 12.1 Å². The fourth-order valence-corrected chi connectivity index (χ4v) is 3.62. The summed E-state index contributed by atoms with van der Waals surface area (Å²) in [6.07, 6.45) is 3.45. The van der Waals surface area contributed by atoms with Crippen LogP contribution in [0.15, 0.2) is 73.2 Å². The van der Waals surface area contributed by atoms with Crippen molar-refractivity contribution in [1.82, 2.24) is 14.5 Å². The van der Waals surface area contributed by atoms with E-state index in [-0.39, 0.29) is 18.2 Å². The first kappa shape index (κ1) is 17.1. The van der Waals surface area contributed by atoms with Gasteiger partial charge in [-0.15, -0.1) is 0 Å². The second-order valence-corrected chi connectivity index (χ2v) is 6.89. The Kier molecular flexibility index (Phi) is 4.05. The van der Waals surface area contributed by atoms with Gasteiger partial charge in [-0.1, -0.05) is 30.3 Å². The molecule has 1 atom stereocenters. The molecule has 2 N–H and O–H groups in total. The van der Waals surface area contributed by atoms with Crippen molar-refractivity contribution in [2.24, 2.45) is 0 Å². The van der Waals surface area contributed by atoms with Gasteiger partial charge in [0.15, 0.2) is 0 Å². The minimum Gasteiger partial charge on any atom is -0.326 e. The Labute approximate surface area is 166 Å². The predicted octanol–water partition coefficient (Wildman–Crippen LogP) is 3.49. The number of benzene rings is 2. The molecule has 1 unspecified atom stereocenters. The van der Waals surface area contributed by atoms with Crippen LogP contribution in [0, 0.1) is 0 Å². The van der Waals surface area contributed by atoms with E-state index in [0.717, 1.165) is 16.6 Å². The van der Waals surface area contributed by atoms with Crippen molar-refractivity contribution >= 4 is 34.2 Å². The van der Waals surface area contributed by atoms with Gasteiger partial charge < -0.3 is 10.6 Å². The lowest BCUT2D eigenvalue weighted by atomic mass is 9.90. The highest BCUT2D eigenvalue weighted by atomic mass is 16.2. The van der Waals surface area contributed by atoms with Crippen LogP contribution in [0.25, 0.3) is 16.9 Å². The maximum absolute atomic E-state index is 12.8. The zero-order valence-corrected chi connectivity index (χ0v) is 15.4. The van der Waals surface area contributed by atoms with Gasteiger partial charge in [0, 0.05) is 12.1 Å². The van der Waals surface area contributed by atoms with Crippen molar-refractivity contribution < 1.29 is 9.59 Å². The first-order chi connectivity index (χ1) is 14.2. The SMILES string of the molecule is O=C1CC(C(=O)Nc2ccc(-n3cnc4ccccc43)nc2)c2ccccc2N1. The first-order valence-corrected chi connectivity index (χ1v) is 9.27. The molecular weight excluding hydrogens is 366 g/mol. The van der Waals surface area contributed by atoms with Crippen molar-refractivity contribution in [1.29, 1.82) is 0 Å². The summed E-state index contributed by atoms with van der Waals surface area (Å²) >= 11 is 0. The van der Waals surface area contributed by atoms with Crippen LogP contribution < -0.4 is 10.6 Å². The Morgan fingerprint density at radius 2 is 1.86 bits per heavy atom. The number of hydrogen-bond donors (Lipinski definition) is 2. The molecular formula is C22H17N5O2. The molecule has 0 radical (unpaired) electrons. The van der Waals surface area contributed by atoms with Crippen LogP contribution >= 0.6 is 0 Å². The molecule has 0 aliphatic carbocycles. The molecule has 1 aliphatic rings. The monoisotopic (exact) mass is 383 g/mol. The Morgan fingerprint density at radius 3 is 2.72 bits per heavy atom. The van der Waals surface area contributed by atoms with E-state index >= 15 is 0 Å². The molecule has 2 amide bonds. The standard InChI is InChI=1S/C22H17N5O2/c28-21-11-16(15-5-1-2-6-17(15)26-21)22(29)25-14-9-10-20(23-12-14)27-13-24-18-7-3-4-8-19(18)27/h1-10,12-13,16H,11H2,(H,25,29)(H,26,28). The number of nitrogens with zero attached hydrogens (tertiary/aromatic N) is 3. The van der Waals surface area contributed by atoms with Gasteiger partial charge in [-0.25, -0.2) is 9.97 Å². The average molecular weight is 383 g/mol. The molecule has 142 valence electrons. The fraction of sp³-hybridized carbons (Fsp3) is 0.0909. The highest BCUT2D eigenvalue weighted by molar-refractivity contribution is 6.05. The van der Waals surface area contributed by atoms with Crippen LogP contribution in [0.5, 0.6) is 0 Å². The van der Waals surface area contributed by atoms with Crippen LogP contribution in [-0.4, -0.2) is 26.3 Å². The lowest BCUT2D eigenvalue weighted by Gasteiger charge is -2.24. The fourth-order valence-electron chi connectivity index (χ4n) is 3.62. The van der Waals surface area contributed by atoms with Gasteiger partial charge in [0.2, 0.25) is 11.8 Å². The minimum atomic E-state index is -0.530. The number of fused-ring (bicyclic) bond motifs is 2. The van der Waals surface area contributed by atoms with Crippen molar-refractivity contribution in [2.45, 2.75) is 12.3 Å².